The first-order valence-corrected chi connectivity index (χ1v) is 7.09. The molecular weight excluding hydrogens is 222 g/mol. The van der Waals surface area contributed by atoms with E-state index in [9.17, 15) is 0 Å². The topological polar surface area (TPSA) is 23.5 Å². The van der Waals surface area contributed by atoms with Gasteiger partial charge in [-0.15, -0.1) is 0 Å². The molecule has 1 aromatic rings. The Bertz CT molecular complexity index is 366. The van der Waals surface area contributed by atoms with Crippen molar-refractivity contribution < 1.29 is 5.11 Å². The molecular formula is C16H25NO. The molecule has 1 aliphatic heterocycles. The van der Waals surface area contributed by atoms with Gasteiger partial charge < -0.3 is 5.11 Å². The van der Waals surface area contributed by atoms with Crippen molar-refractivity contribution >= 4 is 0 Å². The summed E-state index contributed by atoms with van der Waals surface area (Å²) < 4.78 is 0. The number of benzene rings is 1. The van der Waals surface area contributed by atoms with Crippen molar-refractivity contribution in [2.45, 2.75) is 39.7 Å². The molecule has 0 aliphatic carbocycles. The van der Waals surface area contributed by atoms with Gasteiger partial charge in [-0.05, 0) is 62.3 Å². The summed E-state index contributed by atoms with van der Waals surface area (Å²) in [5, 5.41) is 9.06. The molecule has 0 spiro atoms. The van der Waals surface area contributed by atoms with Crippen molar-refractivity contribution in [2.24, 2.45) is 5.92 Å². The van der Waals surface area contributed by atoms with Crippen LogP contribution in [0.2, 0.25) is 0 Å². The Balaban J connectivity index is 2.00. The van der Waals surface area contributed by atoms with E-state index in [0.29, 0.717) is 12.5 Å². The zero-order chi connectivity index (χ0) is 13.0. The predicted octanol–water partition coefficient (Wildman–Crippen LogP) is 2.90. The van der Waals surface area contributed by atoms with Crippen molar-refractivity contribution in [1.82, 2.24) is 4.90 Å². The Morgan fingerprint density at radius 2 is 2.00 bits per heavy atom. The number of aliphatic hydroxyl groups is 1. The molecule has 100 valence electrons. The van der Waals surface area contributed by atoms with E-state index in [0.717, 1.165) is 19.5 Å². The molecule has 1 N–H and O–H groups in total. The van der Waals surface area contributed by atoms with Crippen LogP contribution in [0.25, 0.3) is 0 Å². The quantitative estimate of drug-likeness (QED) is 0.884. The van der Waals surface area contributed by atoms with Crippen LogP contribution in [0.5, 0.6) is 0 Å². The van der Waals surface area contributed by atoms with E-state index in [-0.39, 0.29) is 0 Å². The second kappa shape index (κ2) is 6.35. The minimum atomic E-state index is 0.335. The molecule has 1 atom stereocenters. The summed E-state index contributed by atoms with van der Waals surface area (Å²) in [6.07, 6.45) is 3.52. The number of likely N-dealkylation sites (tertiary alicyclic amines) is 1. The summed E-state index contributed by atoms with van der Waals surface area (Å²) in [5.74, 6) is 0.688. The van der Waals surface area contributed by atoms with Crippen LogP contribution in [0.3, 0.4) is 0 Å². The zero-order valence-corrected chi connectivity index (χ0v) is 11.7. The summed E-state index contributed by atoms with van der Waals surface area (Å²) in [7, 11) is 0. The number of aliphatic hydroxyl groups excluding tert-OH is 1. The molecule has 1 heterocycles. The number of piperidine rings is 1. The zero-order valence-electron chi connectivity index (χ0n) is 11.7. The summed E-state index contributed by atoms with van der Waals surface area (Å²) in [5.41, 5.74) is 4.29. The third-order valence-corrected chi connectivity index (χ3v) is 4.17. The highest BCUT2D eigenvalue weighted by molar-refractivity contribution is 5.33. The minimum Gasteiger partial charge on any atom is -0.396 e. The van der Waals surface area contributed by atoms with Gasteiger partial charge in [0.15, 0.2) is 0 Å². The third kappa shape index (κ3) is 3.33. The number of hydrogen-bond donors (Lipinski definition) is 1. The maximum absolute atomic E-state index is 9.06. The molecule has 0 saturated carbocycles. The SMILES string of the molecule is Cc1cccc(C)c1CN1CCCC(CCO)C1. The second-order valence-electron chi connectivity index (χ2n) is 5.63. The standard InChI is InChI=1S/C16H25NO/c1-13-5-3-6-14(2)16(13)12-17-9-4-7-15(11-17)8-10-18/h3,5-6,15,18H,4,7-12H2,1-2H3. The molecule has 1 saturated heterocycles. The van der Waals surface area contributed by atoms with Crippen LogP contribution in [0.1, 0.15) is 36.0 Å². The number of nitrogens with zero attached hydrogens (tertiary/aromatic N) is 1. The van der Waals surface area contributed by atoms with Gasteiger partial charge in [-0.2, -0.15) is 0 Å². The van der Waals surface area contributed by atoms with Gasteiger partial charge in [0, 0.05) is 19.7 Å². The van der Waals surface area contributed by atoms with E-state index in [1.807, 2.05) is 0 Å². The summed E-state index contributed by atoms with van der Waals surface area (Å²) in [6, 6.07) is 6.55. The van der Waals surface area contributed by atoms with Crippen molar-refractivity contribution in [3.63, 3.8) is 0 Å². The van der Waals surface area contributed by atoms with Crippen molar-refractivity contribution in [1.29, 1.82) is 0 Å². The molecule has 1 fully saturated rings. The van der Waals surface area contributed by atoms with Gasteiger partial charge in [-0.1, -0.05) is 18.2 Å². The first-order valence-electron chi connectivity index (χ1n) is 7.09. The third-order valence-electron chi connectivity index (χ3n) is 4.17. The molecule has 0 radical (unpaired) electrons. The average Bonchev–Trinajstić information content (AvgIpc) is 2.35. The molecule has 0 bridgehead atoms. The van der Waals surface area contributed by atoms with E-state index in [1.54, 1.807) is 0 Å². The van der Waals surface area contributed by atoms with Crippen LogP contribution in [0.15, 0.2) is 18.2 Å². The first kappa shape index (κ1) is 13.6. The van der Waals surface area contributed by atoms with Gasteiger partial charge in [0.2, 0.25) is 0 Å². The molecule has 1 aromatic carbocycles. The predicted molar refractivity (Wildman–Crippen MR) is 75.6 cm³/mol. The maximum atomic E-state index is 9.06. The molecule has 1 aliphatic rings. The lowest BCUT2D eigenvalue weighted by molar-refractivity contribution is 0.142. The van der Waals surface area contributed by atoms with Crippen LogP contribution in [-0.4, -0.2) is 29.7 Å². The molecule has 2 rings (SSSR count). The van der Waals surface area contributed by atoms with E-state index in [4.69, 9.17) is 5.11 Å². The second-order valence-corrected chi connectivity index (χ2v) is 5.63. The molecule has 18 heavy (non-hydrogen) atoms. The van der Waals surface area contributed by atoms with E-state index in [2.05, 4.69) is 36.9 Å². The van der Waals surface area contributed by atoms with Crippen molar-refractivity contribution in [2.75, 3.05) is 19.7 Å². The lowest BCUT2D eigenvalue weighted by Crippen LogP contribution is -2.35. The lowest BCUT2D eigenvalue weighted by atomic mass is 9.94. The van der Waals surface area contributed by atoms with Crippen LogP contribution in [0, 0.1) is 19.8 Å². The molecule has 0 aromatic heterocycles. The maximum Gasteiger partial charge on any atom is 0.0434 e. The van der Waals surface area contributed by atoms with Gasteiger partial charge in [-0.3, -0.25) is 4.90 Å². The fourth-order valence-electron chi connectivity index (χ4n) is 3.04. The van der Waals surface area contributed by atoms with Crippen LogP contribution < -0.4 is 0 Å². The summed E-state index contributed by atoms with van der Waals surface area (Å²) in [4.78, 5) is 2.55. The highest BCUT2D eigenvalue weighted by Gasteiger charge is 2.20. The smallest absolute Gasteiger partial charge is 0.0434 e. The Morgan fingerprint density at radius 3 is 2.67 bits per heavy atom. The monoisotopic (exact) mass is 247 g/mol. The number of rotatable bonds is 4. The van der Waals surface area contributed by atoms with E-state index in [1.165, 1.54) is 36.1 Å². The number of aryl methyl sites for hydroxylation is 2. The Labute approximate surface area is 111 Å². The Morgan fingerprint density at radius 1 is 1.28 bits per heavy atom. The lowest BCUT2D eigenvalue weighted by Gasteiger charge is -2.33. The van der Waals surface area contributed by atoms with Crippen LogP contribution in [0.4, 0.5) is 0 Å². The van der Waals surface area contributed by atoms with E-state index >= 15 is 0 Å². The molecule has 2 heteroatoms. The van der Waals surface area contributed by atoms with Crippen LogP contribution >= 0.6 is 0 Å². The highest BCUT2D eigenvalue weighted by Crippen LogP contribution is 2.23. The van der Waals surface area contributed by atoms with Gasteiger partial charge >= 0.3 is 0 Å². The van der Waals surface area contributed by atoms with Crippen molar-refractivity contribution in [3.8, 4) is 0 Å². The van der Waals surface area contributed by atoms with Crippen LogP contribution in [-0.2, 0) is 6.54 Å². The van der Waals surface area contributed by atoms with Gasteiger partial charge in [0.25, 0.3) is 0 Å². The van der Waals surface area contributed by atoms with Gasteiger partial charge in [-0.25, -0.2) is 0 Å². The molecule has 1 unspecified atom stereocenters. The van der Waals surface area contributed by atoms with Gasteiger partial charge in [0.05, 0.1) is 0 Å². The summed E-state index contributed by atoms with van der Waals surface area (Å²) >= 11 is 0. The molecule has 2 nitrogen and oxygen atoms in total. The normalized spacial score (nSPS) is 21.2. The Kier molecular flexibility index (Phi) is 4.79. The number of hydrogen-bond acceptors (Lipinski definition) is 2. The molecule has 0 amide bonds. The first-order chi connectivity index (χ1) is 8.70. The Hall–Kier alpha value is -0.860. The van der Waals surface area contributed by atoms with Crippen molar-refractivity contribution in [3.05, 3.63) is 34.9 Å². The minimum absolute atomic E-state index is 0.335. The fourth-order valence-corrected chi connectivity index (χ4v) is 3.04. The van der Waals surface area contributed by atoms with E-state index < -0.39 is 0 Å². The average molecular weight is 247 g/mol. The fraction of sp³-hybridized carbons (Fsp3) is 0.625. The summed E-state index contributed by atoms with van der Waals surface area (Å²) in [6.45, 7) is 8.17. The highest BCUT2D eigenvalue weighted by atomic mass is 16.3. The largest absolute Gasteiger partial charge is 0.396 e. The van der Waals surface area contributed by atoms with Gasteiger partial charge in [0.1, 0.15) is 0 Å².